The Balaban J connectivity index is 2.28. The smallest absolute Gasteiger partial charge is 0.284 e. The highest BCUT2D eigenvalue weighted by atomic mass is 16.2. The van der Waals surface area contributed by atoms with E-state index >= 15 is 0 Å². The maximum Gasteiger partial charge on any atom is 0.331 e. The molecule has 2 aliphatic rings. The molecule has 2 unspecified atom stereocenters. The quantitative estimate of drug-likeness (QED) is 0.541. The van der Waals surface area contributed by atoms with Gasteiger partial charge in [0.15, 0.2) is 0 Å². The van der Waals surface area contributed by atoms with Crippen LogP contribution >= 0.6 is 0 Å². The minimum absolute atomic E-state index is 0.235. The van der Waals surface area contributed by atoms with E-state index in [4.69, 9.17) is 0 Å². The molecule has 2 aliphatic heterocycles. The van der Waals surface area contributed by atoms with Crippen LogP contribution in [0.1, 0.15) is 26.2 Å². The third-order valence-electron chi connectivity index (χ3n) is 3.55. The van der Waals surface area contributed by atoms with Crippen LogP contribution in [0.3, 0.4) is 0 Å². The number of nitrogens with one attached hydrogen (secondary N) is 1. The van der Waals surface area contributed by atoms with Gasteiger partial charge in [0, 0.05) is 7.05 Å². The fraction of sp³-hybridized carbons (Fsp3) is 0.583. The van der Waals surface area contributed by atoms with Crippen LogP contribution in [0, 0.1) is 5.92 Å². The molecule has 1 N–H and O–H groups in total. The molecule has 0 aliphatic carbocycles. The van der Waals surface area contributed by atoms with Crippen molar-refractivity contribution >= 4 is 29.7 Å². The first-order chi connectivity index (χ1) is 9.38. The van der Waals surface area contributed by atoms with Crippen molar-refractivity contribution in [1.82, 2.24) is 15.1 Å². The maximum atomic E-state index is 12.2. The Kier molecular flexibility index (Phi) is 3.56. The topological polar surface area (TPSA) is 104 Å². The van der Waals surface area contributed by atoms with E-state index in [0.717, 1.165) is 4.90 Å². The van der Waals surface area contributed by atoms with E-state index in [2.05, 4.69) is 5.32 Å². The lowest BCUT2D eigenvalue weighted by molar-refractivity contribution is -0.148. The minimum atomic E-state index is -1.15. The van der Waals surface area contributed by atoms with Crippen molar-refractivity contribution in [2.45, 2.75) is 32.2 Å². The fourth-order valence-electron chi connectivity index (χ4n) is 2.41. The number of amides is 6. The number of imide groups is 3. The van der Waals surface area contributed by atoms with E-state index in [1.807, 2.05) is 0 Å². The van der Waals surface area contributed by atoms with Gasteiger partial charge in [-0.05, 0) is 6.42 Å². The molecule has 0 aromatic carbocycles. The summed E-state index contributed by atoms with van der Waals surface area (Å²) < 4.78 is 0. The summed E-state index contributed by atoms with van der Waals surface area (Å²) in [6, 6.07) is -2.08. The fourth-order valence-corrected chi connectivity index (χ4v) is 2.41. The summed E-state index contributed by atoms with van der Waals surface area (Å²) in [5.74, 6) is -3.40. The van der Waals surface area contributed by atoms with Crippen molar-refractivity contribution in [1.29, 1.82) is 0 Å². The van der Waals surface area contributed by atoms with Crippen molar-refractivity contribution in [3.63, 3.8) is 0 Å². The number of carbonyl (C=O) groups excluding carboxylic acids is 5. The highest BCUT2D eigenvalue weighted by Gasteiger charge is 2.49. The highest BCUT2D eigenvalue weighted by Crippen LogP contribution is 2.24. The molecule has 0 saturated carbocycles. The molecule has 0 bridgehead atoms. The lowest BCUT2D eigenvalue weighted by Gasteiger charge is -2.32. The predicted octanol–water partition coefficient (Wildman–Crippen LogP) is -0.762. The van der Waals surface area contributed by atoms with E-state index in [0.29, 0.717) is 17.7 Å². The zero-order chi connectivity index (χ0) is 15.0. The molecular formula is C12H15N3O5. The van der Waals surface area contributed by atoms with Crippen LogP contribution in [0.5, 0.6) is 0 Å². The number of hydrogen-bond acceptors (Lipinski definition) is 5. The maximum absolute atomic E-state index is 12.2. The van der Waals surface area contributed by atoms with Gasteiger partial charge in [-0.2, -0.15) is 0 Å². The molecule has 6 amide bonds. The van der Waals surface area contributed by atoms with Gasteiger partial charge in [0.05, 0.1) is 6.42 Å². The average molecular weight is 281 g/mol. The Hall–Kier alpha value is -2.25. The van der Waals surface area contributed by atoms with Crippen LogP contribution in [0.15, 0.2) is 0 Å². The number of urea groups is 1. The second-order valence-electron chi connectivity index (χ2n) is 4.85. The molecule has 20 heavy (non-hydrogen) atoms. The Morgan fingerprint density at radius 2 is 1.80 bits per heavy atom. The monoisotopic (exact) mass is 281 g/mol. The summed E-state index contributed by atoms with van der Waals surface area (Å²) in [6.45, 7) is 1.80. The van der Waals surface area contributed by atoms with Gasteiger partial charge in [-0.15, -0.1) is 0 Å². The van der Waals surface area contributed by atoms with Crippen LogP contribution in [0.4, 0.5) is 4.79 Å². The van der Waals surface area contributed by atoms with Gasteiger partial charge in [0.1, 0.15) is 12.0 Å². The first-order valence-corrected chi connectivity index (χ1v) is 6.36. The molecule has 8 heteroatoms. The summed E-state index contributed by atoms with van der Waals surface area (Å²) in [5.41, 5.74) is 0. The van der Waals surface area contributed by atoms with E-state index in [1.54, 1.807) is 6.92 Å². The second kappa shape index (κ2) is 5.03. The summed E-state index contributed by atoms with van der Waals surface area (Å²) >= 11 is 0. The third kappa shape index (κ3) is 2.06. The molecule has 2 saturated heterocycles. The second-order valence-corrected chi connectivity index (χ2v) is 4.85. The zero-order valence-electron chi connectivity index (χ0n) is 11.2. The van der Waals surface area contributed by atoms with E-state index in [-0.39, 0.29) is 6.42 Å². The average Bonchev–Trinajstić information content (AvgIpc) is 2.62. The number of barbiturate groups is 1. The normalized spacial score (nSPS) is 27.4. The highest BCUT2D eigenvalue weighted by molar-refractivity contribution is 6.19. The molecule has 0 spiro atoms. The molecule has 2 fully saturated rings. The van der Waals surface area contributed by atoms with Crippen LogP contribution in [0.25, 0.3) is 0 Å². The van der Waals surface area contributed by atoms with Crippen LogP contribution in [0.2, 0.25) is 0 Å². The van der Waals surface area contributed by atoms with Gasteiger partial charge in [0.25, 0.3) is 5.91 Å². The number of nitrogens with zero attached hydrogens (tertiary/aromatic N) is 2. The minimum Gasteiger partial charge on any atom is -0.284 e. The molecule has 2 heterocycles. The molecule has 0 radical (unpaired) electrons. The number of rotatable bonds is 3. The van der Waals surface area contributed by atoms with Crippen LogP contribution < -0.4 is 5.32 Å². The van der Waals surface area contributed by atoms with Crippen LogP contribution in [-0.4, -0.2) is 52.5 Å². The molecule has 2 rings (SSSR count). The van der Waals surface area contributed by atoms with Gasteiger partial charge in [0.2, 0.25) is 17.7 Å². The van der Waals surface area contributed by atoms with Crippen molar-refractivity contribution in [3.8, 4) is 0 Å². The number of likely N-dealkylation sites (tertiary alicyclic amines) is 1. The lowest BCUT2D eigenvalue weighted by atomic mass is 9.98. The largest absolute Gasteiger partial charge is 0.331 e. The third-order valence-corrected chi connectivity index (χ3v) is 3.55. The summed E-state index contributed by atoms with van der Waals surface area (Å²) in [5, 5.41) is 2.07. The first kappa shape index (κ1) is 14.2. The number of carbonyl (C=O) groups is 5. The Morgan fingerprint density at radius 3 is 2.30 bits per heavy atom. The van der Waals surface area contributed by atoms with Gasteiger partial charge >= 0.3 is 6.03 Å². The van der Waals surface area contributed by atoms with Gasteiger partial charge in [-0.25, -0.2) is 4.79 Å². The lowest BCUT2D eigenvalue weighted by Crippen LogP contribution is -2.62. The SMILES string of the molecule is CCCC1C(=O)NC(=O)N(C2CC(=O)N(C)C2=O)C1=O. The summed E-state index contributed by atoms with van der Waals surface area (Å²) in [4.78, 5) is 60.7. The van der Waals surface area contributed by atoms with Crippen LogP contribution in [-0.2, 0) is 19.2 Å². The molecule has 0 aromatic rings. The van der Waals surface area contributed by atoms with E-state index < -0.39 is 41.6 Å². The van der Waals surface area contributed by atoms with Gasteiger partial charge in [-0.1, -0.05) is 13.3 Å². The predicted molar refractivity (Wildman–Crippen MR) is 65.0 cm³/mol. The number of likely N-dealkylation sites (N-methyl/N-ethyl adjacent to an activating group) is 1. The Labute approximate surface area is 115 Å². The van der Waals surface area contributed by atoms with Gasteiger partial charge < -0.3 is 0 Å². The summed E-state index contributed by atoms with van der Waals surface area (Å²) in [6.07, 6.45) is 0.643. The van der Waals surface area contributed by atoms with Crippen molar-refractivity contribution in [2.75, 3.05) is 7.05 Å². The number of hydrogen-bond donors (Lipinski definition) is 1. The molecule has 2 atom stereocenters. The van der Waals surface area contributed by atoms with Crippen molar-refractivity contribution in [2.24, 2.45) is 5.92 Å². The zero-order valence-corrected chi connectivity index (χ0v) is 11.2. The standard InChI is InChI=1S/C12H15N3O5/c1-3-4-6-9(17)13-12(20)15(10(6)18)7-5-8(16)14(2)11(7)19/h6-7H,3-5H2,1-2H3,(H,13,17,20). The van der Waals surface area contributed by atoms with Crippen molar-refractivity contribution < 1.29 is 24.0 Å². The molecule has 0 aromatic heterocycles. The molecular weight excluding hydrogens is 266 g/mol. The van der Waals surface area contributed by atoms with E-state index in [1.165, 1.54) is 7.05 Å². The molecule has 8 nitrogen and oxygen atoms in total. The Morgan fingerprint density at radius 1 is 1.15 bits per heavy atom. The molecule has 108 valence electrons. The first-order valence-electron chi connectivity index (χ1n) is 6.36. The van der Waals surface area contributed by atoms with Gasteiger partial charge in [-0.3, -0.25) is 34.3 Å². The Bertz CT molecular complexity index is 515. The van der Waals surface area contributed by atoms with E-state index in [9.17, 15) is 24.0 Å². The summed E-state index contributed by atoms with van der Waals surface area (Å²) in [7, 11) is 1.30. The van der Waals surface area contributed by atoms with Crippen molar-refractivity contribution in [3.05, 3.63) is 0 Å².